The molecule has 21 heavy (non-hydrogen) atoms. The molecule has 2 nitrogen and oxygen atoms in total. The molecule has 0 N–H and O–H groups in total. The summed E-state index contributed by atoms with van der Waals surface area (Å²) in [5.74, 6) is 0. The second-order valence-corrected chi connectivity index (χ2v) is 6.63. The number of benzene rings is 2. The molecule has 2 aromatic carbocycles. The van der Waals surface area contributed by atoms with E-state index in [1.807, 2.05) is 6.07 Å². The van der Waals surface area contributed by atoms with Gasteiger partial charge in [0.25, 0.3) is 0 Å². The van der Waals surface area contributed by atoms with Crippen molar-refractivity contribution < 1.29 is 9.47 Å². The van der Waals surface area contributed by atoms with Gasteiger partial charge in [0.2, 0.25) is 0 Å². The van der Waals surface area contributed by atoms with Crippen LogP contribution in [0.1, 0.15) is 43.6 Å². The van der Waals surface area contributed by atoms with Crippen molar-refractivity contribution in [2.75, 3.05) is 0 Å². The van der Waals surface area contributed by atoms with Crippen LogP contribution in [0.5, 0.6) is 0 Å². The summed E-state index contributed by atoms with van der Waals surface area (Å²) in [6.45, 7) is 7.04. The maximum Gasteiger partial charge on any atom is 0.164 e. The van der Waals surface area contributed by atoms with Gasteiger partial charge < -0.3 is 9.47 Å². The minimum Gasteiger partial charge on any atom is -0.347 e. The number of ether oxygens (including phenoxy) is 2. The van der Waals surface area contributed by atoms with Gasteiger partial charge in [-0.3, -0.25) is 0 Å². The van der Waals surface area contributed by atoms with Crippen LogP contribution in [0.15, 0.2) is 54.6 Å². The van der Waals surface area contributed by atoms with Crippen molar-refractivity contribution in [2.45, 2.75) is 39.8 Å². The van der Waals surface area contributed by atoms with E-state index in [0.717, 1.165) is 0 Å². The fourth-order valence-electron chi connectivity index (χ4n) is 2.66. The van der Waals surface area contributed by atoms with Gasteiger partial charge in [0.1, 0.15) is 6.10 Å². The lowest BCUT2D eigenvalue weighted by atomic mass is 9.95. The molecule has 2 aromatic rings. The maximum atomic E-state index is 6.37. The van der Waals surface area contributed by atoms with E-state index in [4.69, 9.17) is 9.47 Å². The summed E-state index contributed by atoms with van der Waals surface area (Å²) >= 11 is 0. The fourth-order valence-corrected chi connectivity index (χ4v) is 2.66. The van der Waals surface area contributed by atoms with E-state index in [2.05, 4.69) is 69.3 Å². The Bertz CT molecular complexity index is 598. The third-order valence-electron chi connectivity index (χ3n) is 3.80. The van der Waals surface area contributed by atoms with E-state index < -0.39 is 0 Å². The number of hydrogen-bond acceptors (Lipinski definition) is 2. The lowest BCUT2D eigenvalue weighted by molar-refractivity contribution is -0.210. The Morgan fingerprint density at radius 1 is 0.905 bits per heavy atom. The standard InChI is InChI=1S/C19H22O2/c1-19(2,3)18-20-13-15-11-7-8-12-16(15)17(21-18)14-9-5-4-6-10-14/h4-12,17-18H,13H2,1-3H3/t17-,18-/m0/s1. The highest BCUT2D eigenvalue weighted by molar-refractivity contribution is 5.36. The molecule has 0 spiro atoms. The lowest BCUT2D eigenvalue weighted by Crippen LogP contribution is -2.32. The highest BCUT2D eigenvalue weighted by atomic mass is 16.7. The molecule has 1 aliphatic heterocycles. The van der Waals surface area contributed by atoms with Gasteiger partial charge in [0, 0.05) is 5.41 Å². The van der Waals surface area contributed by atoms with E-state index in [9.17, 15) is 0 Å². The van der Waals surface area contributed by atoms with Crippen LogP contribution in [0, 0.1) is 5.41 Å². The summed E-state index contributed by atoms with van der Waals surface area (Å²) in [5.41, 5.74) is 3.52. The van der Waals surface area contributed by atoms with E-state index in [-0.39, 0.29) is 17.8 Å². The molecule has 110 valence electrons. The van der Waals surface area contributed by atoms with Crippen LogP contribution in [0.4, 0.5) is 0 Å². The molecular weight excluding hydrogens is 260 g/mol. The molecule has 0 saturated heterocycles. The van der Waals surface area contributed by atoms with Crippen LogP contribution in [0.25, 0.3) is 0 Å². The monoisotopic (exact) mass is 282 g/mol. The lowest BCUT2D eigenvalue weighted by Gasteiger charge is -2.31. The molecule has 0 fully saturated rings. The second kappa shape index (κ2) is 5.63. The second-order valence-electron chi connectivity index (χ2n) is 6.63. The van der Waals surface area contributed by atoms with Crippen molar-refractivity contribution >= 4 is 0 Å². The zero-order valence-electron chi connectivity index (χ0n) is 12.9. The largest absolute Gasteiger partial charge is 0.347 e. The van der Waals surface area contributed by atoms with Gasteiger partial charge >= 0.3 is 0 Å². The summed E-state index contributed by atoms with van der Waals surface area (Å²) < 4.78 is 12.4. The summed E-state index contributed by atoms with van der Waals surface area (Å²) in [7, 11) is 0. The smallest absolute Gasteiger partial charge is 0.164 e. The van der Waals surface area contributed by atoms with Crippen LogP contribution in [-0.4, -0.2) is 6.29 Å². The third-order valence-corrected chi connectivity index (χ3v) is 3.80. The average Bonchev–Trinajstić information content (AvgIpc) is 2.67. The molecule has 3 rings (SSSR count). The van der Waals surface area contributed by atoms with Crippen LogP contribution in [0.3, 0.4) is 0 Å². The molecule has 2 heteroatoms. The van der Waals surface area contributed by atoms with Gasteiger partial charge in [-0.15, -0.1) is 0 Å². The van der Waals surface area contributed by atoms with Gasteiger partial charge in [0.05, 0.1) is 6.61 Å². The summed E-state index contributed by atoms with van der Waals surface area (Å²) in [5, 5.41) is 0. The Morgan fingerprint density at radius 3 is 2.29 bits per heavy atom. The topological polar surface area (TPSA) is 18.5 Å². The minimum atomic E-state index is -0.227. The van der Waals surface area contributed by atoms with E-state index >= 15 is 0 Å². The first-order chi connectivity index (χ1) is 10.1. The number of rotatable bonds is 1. The van der Waals surface area contributed by atoms with Crippen LogP contribution in [-0.2, 0) is 16.1 Å². The first kappa shape index (κ1) is 14.3. The molecule has 0 radical (unpaired) electrons. The van der Waals surface area contributed by atoms with Crippen molar-refractivity contribution in [1.82, 2.24) is 0 Å². The Morgan fingerprint density at radius 2 is 1.57 bits per heavy atom. The summed E-state index contributed by atoms with van der Waals surface area (Å²) in [6, 6.07) is 18.8. The van der Waals surface area contributed by atoms with Crippen molar-refractivity contribution in [3.8, 4) is 0 Å². The summed E-state index contributed by atoms with van der Waals surface area (Å²) in [4.78, 5) is 0. The SMILES string of the molecule is CC(C)(C)[C@H]1OCc2ccccc2[C@H](c2ccccc2)O1. The molecule has 0 bridgehead atoms. The normalized spacial score (nSPS) is 22.4. The van der Waals surface area contributed by atoms with Crippen LogP contribution < -0.4 is 0 Å². The Labute approximate surface area is 126 Å². The molecule has 1 aliphatic rings. The van der Waals surface area contributed by atoms with Gasteiger partial charge in [-0.25, -0.2) is 0 Å². The first-order valence-corrected chi connectivity index (χ1v) is 7.45. The molecule has 0 unspecified atom stereocenters. The summed E-state index contributed by atoms with van der Waals surface area (Å²) in [6.07, 6.45) is -0.302. The third kappa shape index (κ3) is 3.02. The first-order valence-electron chi connectivity index (χ1n) is 7.45. The quantitative estimate of drug-likeness (QED) is 0.755. The van der Waals surface area contributed by atoms with Crippen molar-refractivity contribution in [2.24, 2.45) is 5.41 Å². The maximum absolute atomic E-state index is 6.37. The van der Waals surface area contributed by atoms with Crippen molar-refractivity contribution in [1.29, 1.82) is 0 Å². The van der Waals surface area contributed by atoms with E-state index in [1.165, 1.54) is 16.7 Å². The van der Waals surface area contributed by atoms with Gasteiger partial charge in [-0.2, -0.15) is 0 Å². The van der Waals surface area contributed by atoms with E-state index in [1.54, 1.807) is 0 Å². The Balaban J connectivity index is 2.04. The van der Waals surface area contributed by atoms with Crippen molar-refractivity contribution in [3.05, 3.63) is 71.3 Å². The average molecular weight is 282 g/mol. The molecule has 1 heterocycles. The molecule has 0 aliphatic carbocycles. The predicted octanol–water partition coefficient (Wildman–Crippen LogP) is 4.70. The molecular formula is C19H22O2. The Kier molecular flexibility index (Phi) is 3.83. The highest BCUT2D eigenvalue weighted by Gasteiger charge is 2.33. The van der Waals surface area contributed by atoms with Gasteiger partial charge in [0.15, 0.2) is 6.29 Å². The zero-order chi connectivity index (χ0) is 14.9. The zero-order valence-corrected chi connectivity index (χ0v) is 12.9. The van der Waals surface area contributed by atoms with Crippen LogP contribution >= 0.6 is 0 Å². The molecule has 0 aromatic heterocycles. The molecule has 0 saturated carbocycles. The minimum absolute atomic E-state index is 0.0604. The van der Waals surface area contributed by atoms with Gasteiger partial charge in [-0.05, 0) is 16.7 Å². The van der Waals surface area contributed by atoms with Gasteiger partial charge in [-0.1, -0.05) is 75.4 Å². The van der Waals surface area contributed by atoms with Crippen LogP contribution in [0.2, 0.25) is 0 Å². The predicted molar refractivity (Wildman–Crippen MR) is 83.8 cm³/mol. The number of hydrogen-bond donors (Lipinski definition) is 0. The Hall–Kier alpha value is -1.64. The fraction of sp³-hybridized carbons (Fsp3) is 0.368. The molecule has 2 atom stereocenters. The highest BCUT2D eigenvalue weighted by Crippen LogP contribution is 2.37. The molecule has 0 amide bonds. The van der Waals surface area contributed by atoms with Crippen molar-refractivity contribution in [3.63, 3.8) is 0 Å². The van der Waals surface area contributed by atoms with E-state index in [0.29, 0.717) is 6.61 Å². The number of fused-ring (bicyclic) bond motifs is 1.